The quantitative estimate of drug-likeness (QED) is 0.902. The first-order chi connectivity index (χ1) is 10.2. The number of aromatic nitrogens is 3. The molecular formula is C15H18N4O2. The molecule has 1 atom stereocenters. The largest absolute Gasteiger partial charge is 0.481 e. The molecule has 0 fully saturated rings. The molecule has 2 N–H and O–H groups in total. The van der Waals surface area contributed by atoms with Gasteiger partial charge in [0.2, 0.25) is 11.8 Å². The number of hydrogen-bond donors (Lipinski definition) is 2. The number of aryl methyl sites for hydroxylation is 2. The molecule has 2 heterocycles. The van der Waals surface area contributed by atoms with Crippen LogP contribution in [0, 0.1) is 12.8 Å². The van der Waals surface area contributed by atoms with Gasteiger partial charge in [-0.15, -0.1) is 0 Å². The fourth-order valence-electron chi connectivity index (χ4n) is 2.67. The molecule has 6 heteroatoms. The summed E-state index contributed by atoms with van der Waals surface area (Å²) in [7, 11) is 1.56. The molecule has 0 bridgehead atoms. The fourth-order valence-corrected chi connectivity index (χ4v) is 2.67. The highest BCUT2D eigenvalue weighted by molar-refractivity contribution is 5.92. The number of methoxy groups -OCH3 is 1. The maximum Gasteiger partial charge on any atom is 0.227 e. The first kappa shape index (κ1) is 13.6. The van der Waals surface area contributed by atoms with Gasteiger partial charge in [0.05, 0.1) is 24.7 Å². The zero-order chi connectivity index (χ0) is 14.8. The van der Waals surface area contributed by atoms with Gasteiger partial charge in [-0.25, -0.2) is 9.97 Å². The number of imidazole rings is 1. The van der Waals surface area contributed by atoms with Crippen molar-refractivity contribution in [3.63, 3.8) is 0 Å². The van der Waals surface area contributed by atoms with Crippen LogP contribution in [0.3, 0.4) is 0 Å². The number of nitrogens with zero attached hydrogens (tertiary/aromatic N) is 2. The molecule has 0 radical (unpaired) electrons. The highest BCUT2D eigenvalue weighted by Crippen LogP contribution is 2.25. The topological polar surface area (TPSA) is 79.9 Å². The van der Waals surface area contributed by atoms with Gasteiger partial charge in [-0.05, 0) is 25.8 Å². The summed E-state index contributed by atoms with van der Waals surface area (Å²) in [6.45, 7) is 1.94. The van der Waals surface area contributed by atoms with Crippen LogP contribution in [-0.2, 0) is 17.6 Å². The van der Waals surface area contributed by atoms with E-state index in [1.165, 1.54) is 0 Å². The van der Waals surface area contributed by atoms with Gasteiger partial charge in [0, 0.05) is 24.1 Å². The Hall–Kier alpha value is -2.37. The number of fused-ring (bicyclic) bond motifs is 1. The molecule has 1 aliphatic carbocycles. The van der Waals surface area contributed by atoms with E-state index in [0.29, 0.717) is 18.0 Å². The minimum atomic E-state index is -0.0283. The predicted molar refractivity (Wildman–Crippen MR) is 78.3 cm³/mol. The van der Waals surface area contributed by atoms with Gasteiger partial charge in [0.1, 0.15) is 5.82 Å². The summed E-state index contributed by atoms with van der Waals surface area (Å²) in [4.78, 5) is 24.1. The number of pyridine rings is 1. The number of carbonyl (C=O) groups excluding carboxylic acids is 1. The van der Waals surface area contributed by atoms with E-state index in [2.05, 4.69) is 20.3 Å². The van der Waals surface area contributed by atoms with Crippen molar-refractivity contribution >= 4 is 11.6 Å². The standard InChI is InChI=1S/C15H18N4O2/c1-9-17-12-5-3-10(7-13(12)18-9)15(20)19-11-4-6-14(21-2)16-8-11/h4,6,8,10H,3,5,7H2,1-2H3,(H,17,18)(H,19,20)/t10-/m0/s1. The van der Waals surface area contributed by atoms with Crippen molar-refractivity contribution in [2.24, 2.45) is 5.92 Å². The van der Waals surface area contributed by atoms with E-state index < -0.39 is 0 Å². The van der Waals surface area contributed by atoms with Crippen molar-refractivity contribution in [1.29, 1.82) is 0 Å². The Labute approximate surface area is 123 Å². The third-order valence-corrected chi connectivity index (χ3v) is 3.75. The van der Waals surface area contributed by atoms with Crippen molar-refractivity contribution in [1.82, 2.24) is 15.0 Å². The van der Waals surface area contributed by atoms with Gasteiger partial charge in [0.15, 0.2) is 0 Å². The molecule has 0 spiro atoms. The van der Waals surface area contributed by atoms with Crippen LogP contribution >= 0.6 is 0 Å². The number of aromatic amines is 1. The second-order valence-corrected chi connectivity index (χ2v) is 5.27. The van der Waals surface area contributed by atoms with Crippen molar-refractivity contribution in [2.45, 2.75) is 26.2 Å². The number of carbonyl (C=O) groups is 1. The normalized spacial score (nSPS) is 17.1. The van der Waals surface area contributed by atoms with Gasteiger partial charge in [-0.2, -0.15) is 0 Å². The van der Waals surface area contributed by atoms with Crippen LogP contribution < -0.4 is 10.1 Å². The second-order valence-electron chi connectivity index (χ2n) is 5.27. The zero-order valence-corrected chi connectivity index (χ0v) is 12.1. The zero-order valence-electron chi connectivity index (χ0n) is 12.1. The second kappa shape index (κ2) is 5.55. The Morgan fingerprint density at radius 3 is 3.05 bits per heavy atom. The molecule has 1 aliphatic rings. The lowest BCUT2D eigenvalue weighted by Crippen LogP contribution is -2.28. The van der Waals surface area contributed by atoms with E-state index in [9.17, 15) is 4.79 Å². The average Bonchev–Trinajstić information content (AvgIpc) is 2.87. The van der Waals surface area contributed by atoms with Crippen molar-refractivity contribution in [3.05, 3.63) is 35.5 Å². The summed E-state index contributed by atoms with van der Waals surface area (Å²) < 4.78 is 5.00. The monoisotopic (exact) mass is 286 g/mol. The number of H-pyrrole nitrogens is 1. The number of nitrogens with one attached hydrogen (secondary N) is 2. The smallest absolute Gasteiger partial charge is 0.227 e. The summed E-state index contributed by atoms with van der Waals surface area (Å²) in [5.74, 6) is 1.45. The summed E-state index contributed by atoms with van der Waals surface area (Å²) in [6, 6.07) is 3.52. The SMILES string of the molecule is COc1ccc(NC(=O)[C@H]2CCc3nc(C)[nH]c3C2)cn1. The Kier molecular flexibility index (Phi) is 3.60. The van der Waals surface area contributed by atoms with Crippen LogP contribution in [0.25, 0.3) is 0 Å². The number of ether oxygens (including phenoxy) is 1. The van der Waals surface area contributed by atoms with Crippen LogP contribution in [0.5, 0.6) is 5.88 Å². The Bertz CT molecular complexity index is 648. The average molecular weight is 286 g/mol. The number of rotatable bonds is 3. The molecule has 0 aliphatic heterocycles. The molecule has 6 nitrogen and oxygen atoms in total. The molecule has 3 rings (SSSR count). The van der Waals surface area contributed by atoms with Crippen LogP contribution in [0.1, 0.15) is 23.6 Å². The van der Waals surface area contributed by atoms with E-state index in [-0.39, 0.29) is 11.8 Å². The number of amides is 1. The lowest BCUT2D eigenvalue weighted by atomic mass is 9.89. The molecule has 0 saturated carbocycles. The minimum absolute atomic E-state index is 0.0277. The van der Waals surface area contributed by atoms with Crippen LogP contribution in [-0.4, -0.2) is 28.0 Å². The van der Waals surface area contributed by atoms with Crippen molar-refractivity contribution < 1.29 is 9.53 Å². The van der Waals surface area contributed by atoms with Gasteiger partial charge < -0.3 is 15.0 Å². The maximum atomic E-state index is 12.3. The van der Waals surface area contributed by atoms with E-state index in [4.69, 9.17) is 4.74 Å². The number of hydrogen-bond acceptors (Lipinski definition) is 4. The molecular weight excluding hydrogens is 268 g/mol. The third kappa shape index (κ3) is 2.89. The molecule has 0 aromatic carbocycles. The van der Waals surface area contributed by atoms with Crippen LogP contribution in [0.2, 0.25) is 0 Å². The number of anilines is 1. The summed E-state index contributed by atoms with van der Waals surface area (Å²) in [5, 5.41) is 2.91. The fraction of sp³-hybridized carbons (Fsp3) is 0.400. The Morgan fingerprint density at radius 1 is 1.48 bits per heavy atom. The molecule has 1 amide bonds. The molecule has 2 aromatic rings. The highest BCUT2D eigenvalue weighted by atomic mass is 16.5. The van der Waals surface area contributed by atoms with E-state index in [0.717, 1.165) is 30.1 Å². The lowest BCUT2D eigenvalue weighted by molar-refractivity contribution is -0.120. The van der Waals surface area contributed by atoms with Gasteiger partial charge >= 0.3 is 0 Å². The first-order valence-electron chi connectivity index (χ1n) is 7.01. The van der Waals surface area contributed by atoms with Gasteiger partial charge in [0.25, 0.3) is 0 Å². The Morgan fingerprint density at radius 2 is 2.33 bits per heavy atom. The molecule has 2 aromatic heterocycles. The van der Waals surface area contributed by atoms with Crippen molar-refractivity contribution in [3.8, 4) is 5.88 Å². The minimum Gasteiger partial charge on any atom is -0.481 e. The summed E-state index contributed by atoms with van der Waals surface area (Å²) >= 11 is 0. The summed E-state index contributed by atoms with van der Waals surface area (Å²) in [6.07, 6.45) is 3.99. The van der Waals surface area contributed by atoms with Crippen molar-refractivity contribution in [2.75, 3.05) is 12.4 Å². The summed E-state index contributed by atoms with van der Waals surface area (Å²) in [5.41, 5.74) is 2.88. The molecule has 0 saturated heterocycles. The van der Waals surface area contributed by atoms with Gasteiger partial charge in [-0.1, -0.05) is 0 Å². The maximum absolute atomic E-state index is 12.3. The van der Waals surface area contributed by atoms with E-state index in [1.54, 1.807) is 25.4 Å². The highest BCUT2D eigenvalue weighted by Gasteiger charge is 2.26. The third-order valence-electron chi connectivity index (χ3n) is 3.75. The van der Waals surface area contributed by atoms with E-state index >= 15 is 0 Å². The first-order valence-corrected chi connectivity index (χ1v) is 7.01. The van der Waals surface area contributed by atoms with Crippen LogP contribution in [0.15, 0.2) is 18.3 Å². The van der Waals surface area contributed by atoms with E-state index in [1.807, 2.05) is 6.92 Å². The molecule has 0 unspecified atom stereocenters. The predicted octanol–water partition coefficient (Wildman–Crippen LogP) is 1.87. The lowest BCUT2D eigenvalue weighted by Gasteiger charge is -2.20. The van der Waals surface area contributed by atoms with Crippen LogP contribution in [0.4, 0.5) is 5.69 Å². The Balaban J connectivity index is 1.66. The molecule has 110 valence electrons. The molecule has 21 heavy (non-hydrogen) atoms. The van der Waals surface area contributed by atoms with Gasteiger partial charge in [-0.3, -0.25) is 4.79 Å².